The van der Waals surface area contributed by atoms with Crippen molar-refractivity contribution in [1.29, 1.82) is 0 Å². The molecule has 1 saturated carbocycles. The number of allylic oxidation sites excluding steroid dienone is 1. The molecule has 0 radical (unpaired) electrons. The van der Waals surface area contributed by atoms with Crippen molar-refractivity contribution in [2.45, 2.75) is 45.1 Å². The molecule has 0 N–H and O–H groups in total. The maximum Gasteiger partial charge on any atom is 0.334 e. The molecule has 0 unspecified atom stereocenters. The highest BCUT2D eigenvalue weighted by molar-refractivity contribution is 5.93. The highest BCUT2D eigenvalue weighted by Crippen LogP contribution is 2.66. The molecule has 0 aromatic carbocycles. The SMILES string of the molecule is C[C@]12C[C@H](c3ccoc3)OC(=O)[C@H]1CC[C@@]13COC(=O)C1=CCC[C@@H]32. The average molecular weight is 342 g/mol. The van der Waals surface area contributed by atoms with Crippen molar-refractivity contribution in [2.75, 3.05) is 6.61 Å². The monoisotopic (exact) mass is 342 g/mol. The van der Waals surface area contributed by atoms with Crippen LogP contribution in [0.2, 0.25) is 0 Å². The summed E-state index contributed by atoms with van der Waals surface area (Å²) in [6.45, 7) is 2.69. The molecule has 2 aliphatic heterocycles. The molecule has 5 heteroatoms. The lowest BCUT2D eigenvalue weighted by atomic mass is 9.46. The third kappa shape index (κ3) is 1.89. The molecule has 1 spiro atoms. The Morgan fingerprint density at radius 1 is 1.24 bits per heavy atom. The number of ether oxygens (including phenoxy) is 2. The molecule has 5 nitrogen and oxygen atoms in total. The van der Waals surface area contributed by atoms with Crippen LogP contribution in [0, 0.1) is 22.7 Å². The van der Waals surface area contributed by atoms with Crippen LogP contribution in [0.5, 0.6) is 0 Å². The molecule has 5 atom stereocenters. The minimum Gasteiger partial charge on any atom is -0.472 e. The minimum absolute atomic E-state index is 0.0960. The number of esters is 2. The Hall–Kier alpha value is -2.04. The second kappa shape index (κ2) is 4.99. The van der Waals surface area contributed by atoms with Crippen LogP contribution in [0.1, 0.15) is 50.7 Å². The quantitative estimate of drug-likeness (QED) is 0.730. The first-order valence-corrected chi connectivity index (χ1v) is 9.15. The van der Waals surface area contributed by atoms with Gasteiger partial charge in [0.2, 0.25) is 0 Å². The molecule has 1 aromatic rings. The average Bonchev–Trinajstić information content (AvgIpc) is 3.23. The number of hydrogen-bond donors (Lipinski definition) is 0. The van der Waals surface area contributed by atoms with Crippen molar-refractivity contribution in [3.8, 4) is 0 Å². The van der Waals surface area contributed by atoms with Crippen LogP contribution in [-0.4, -0.2) is 18.5 Å². The Kier molecular flexibility index (Phi) is 3.04. The van der Waals surface area contributed by atoms with Crippen molar-refractivity contribution in [1.82, 2.24) is 0 Å². The van der Waals surface area contributed by atoms with E-state index < -0.39 is 0 Å². The van der Waals surface area contributed by atoms with Gasteiger partial charge >= 0.3 is 11.9 Å². The van der Waals surface area contributed by atoms with Gasteiger partial charge in [-0.1, -0.05) is 13.0 Å². The van der Waals surface area contributed by atoms with Gasteiger partial charge in [-0.05, 0) is 49.5 Å². The number of fused-ring (bicyclic) bond motifs is 2. The first-order valence-electron chi connectivity index (χ1n) is 9.15. The zero-order valence-corrected chi connectivity index (χ0v) is 14.3. The first-order chi connectivity index (χ1) is 12.0. The van der Waals surface area contributed by atoms with Gasteiger partial charge in [-0.2, -0.15) is 0 Å². The highest BCUT2D eigenvalue weighted by atomic mass is 16.5. The summed E-state index contributed by atoms with van der Waals surface area (Å²) in [5.41, 5.74) is 1.38. The summed E-state index contributed by atoms with van der Waals surface area (Å²) in [5.74, 6) is -0.0820. The van der Waals surface area contributed by atoms with Gasteiger partial charge in [0.05, 0.1) is 18.4 Å². The zero-order valence-electron chi connectivity index (χ0n) is 14.3. The topological polar surface area (TPSA) is 65.7 Å². The van der Waals surface area contributed by atoms with E-state index in [1.807, 2.05) is 6.07 Å². The van der Waals surface area contributed by atoms with Crippen LogP contribution in [-0.2, 0) is 19.1 Å². The van der Waals surface area contributed by atoms with Gasteiger partial charge in [0.15, 0.2) is 0 Å². The Morgan fingerprint density at radius 3 is 2.92 bits per heavy atom. The molecule has 3 fully saturated rings. The lowest BCUT2D eigenvalue weighted by Crippen LogP contribution is -2.57. The van der Waals surface area contributed by atoms with Crippen LogP contribution in [0.3, 0.4) is 0 Å². The third-order valence-corrected chi connectivity index (χ3v) is 7.24. The van der Waals surface area contributed by atoms with Gasteiger partial charge in [-0.25, -0.2) is 4.79 Å². The van der Waals surface area contributed by atoms with Crippen molar-refractivity contribution in [3.05, 3.63) is 35.8 Å². The molecule has 3 heterocycles. The van der Waals surface area contributed by atoms with Gasteiger partial charge in [0, 0.05) is 16.6 Å². The predicted octanol–water partition coefficient (Wildman–Crippen LogP) is 3.56. The van der Waals surface area contributed by atoms with E-state index in [4.69, 9.17) is 13.9 Å². The summed E-state index contributed by atoms with van der Waals surface area (Å²) in [4.78, 5) is 25.0. The molecular weight excluding hydrogens is 320 g/mol. The zero-order chi connectivity index (χ0) is 17.2. The molecule has 0 amide bonds. The number of cyclic esters (lactones) is 2. The normalized spacial score (nSPS) is 42.6. The number of carbonyl (C=O) groups is 2. The summed E-state index contributed by atoms with van der Waals surface area (Å²) < 4.78 is 16.4. The molecule has 4 aliphatic rings. The fourth-order valence-electron chi connectivity index (χ4n) is 6.09. The van der Waals surface area contributed by atoms with E-state index >= 15 is 0 Å². The van der Waals surface area contributed by atoms with Crippen LogP contribution in [0.25, 0.3) is 0 Å². The summed E-state index contributed by atoms with van der Waals surface area (Å²) in [6.07, 6.45) is 9.33. The van der Waals surface area contributed by atoms with E-state index in [1.165, 1.54) is 0 Å². The van der Waals surface area contributed by atoms with Crippen molar-refractivity contribution in [3.63, 3.8) is 0 Å². The van der Waals surface area contributed by atoms with Crippen molar-refractivity contribution >= 4 is 11.9 Å². The lowest BCUT2D eigenvalue weighted by molar-refractivity contribution is -0.192. The molecule has 0 bridgehead atoms. The maximum atomic E-state index is 12.8. The van der Waals surface area contributed by atoms with Gasteiger partial charge in [0.1, 0.15) is 12.7 Å². The van der Waals surface area contributed by atoms with E-state index in [9.17, 15) is 9.59 Å². The van der Waals surface area contributed by atoms with Gasteiger partial charge in [-0.15, -0.1) is 0 Å². The summed E-state index contributed by atoms with van der Waals surface area (Å²) in [7, 11) is 0. The highest BCUT2D eigenvalue weighted by Gasteiger charge is 2.65. The lowest BCUT2D eigenvalue weighted by Gasteiger charge is -2.58. The van der Waals surface area contributed by atoms with Crippen LogP contribution >= 0.6 is 0 Å². The van der Waals surface area contributed by atoms with Crippen LogP contribution < -0.4 is 0 Å². The summed E-state index contributed by atoms with van der Waals surface area (Å²) >= 11 is 0. The van der Waals surface area contributed by atoms with Gasteiger partial charge in [-0.3, -0.25) is 4.79 Å². The molecular formula is C20H22O5. The van der Waals surface area contributed by atoms with E-state index in [2.05, 4.69) is 13.0 Å². The summed E-state index contributed by atoms with van der Waals surface area (Å²) in [6, 6.07) is 1.87. The Balaban J connectivity index is 1.57. The fraction of sp³-hybridized carbons (Fsp3) is 0.600. The number of furan rings is 1. The van der Waals surface area contributed by atoms with E-state index in [-0.39, 0.29) is 40.7 Å². The molecule has 132 valence electrons. The minimum atomic E-state index is -0.268. The molecule has 5 rings (SSSR count). The smallest absolute Gasteiger partial charge is 0.334 e. The summed E-state index contributed by atoms with van der Waals surface area (Å²) in [5, 5.41) is 0. The fourth-order valence-corrected chi connectivity index (χ4v) is 6.09. The van der Waals surface area contributed by atoms with E-state index in [1.54, 1.807) is 12.5 Å². The number of hydrogen-bond acceptors (Lipinski definition) is 5. The van der Waals surface area contributed by atoms with Crippen LogP contribution in [0.4, 0.5) is 0 Å². The first kappa shape index (κ1) is 15.2. The molecule has 2 saturated heterocycles. The number of carbonyl (C=O) groups excluding carboxylic acids is 2. The van der Waals surface area contributed by atoms with Gasteiger partial charge in [0.25, 0.3) is 0 Å². The van der Waals surface area contributed by atoms with Crippen molar-refractivity contribution in [2.24, 2.45) is 22.7 Å². The molecule has 1 aromatic heterocycles. The Morgan fingerprint density at radius 2 is 2.12 bits per heavy atom. The van der Waals surface area contributed by atoms with E-state index in [0.717, 1.165) is 43.2 Å². The predicted molar refractivity (Wildman–Crippen MR) is 87.2 cm³/mol. The largest absolute Gasteiger partial charge is 0.472 e. The van der Waals surface area contributed by atoms with Crippen LogP contribution in [0.15, 0.2) is 34.7 Å². The Bertz CT molecular complexity index is 763. The number of rotatable bonds is 1. The maximum absolute atomic E-state index is 12.8. The third-order valence-electron chi connectivity index (χ3n) is 7.24. The van der Waals surface area contributed by atoms with Gasteiger partial charge < -0.3 is 13.9 Å². The second-order valence-electron chi connectivity index (χ2n) is 8.26. The standard InChI is InChI=1S/C20H22O5/c1-19-9-15(12-6-8-23-10-12)25-18(22)13(19)5-7-20-11-24-17(21)14(20)3-2-4-16(19)20/h3,6,8,10,13,15-16H,2,4-5,7,9,11H2,1H3/t13-,15-,16-,19+,20-/m1/s1. The molecule has 25 heavy (non-hydrogen) atoms. The van der Waals surface area contributed by atoms with E-state index in [0.29, 0.717) is 6.61 Å². The second-order valence-corrected chi connectivity index (χ2v) is 8.26. The molecule has 2 aliphatic carbocycles. The Labute approximate surface area is 146 Å². The van der Waals surface area contributed by atoms with Crippen molar-refractivity contribution < 1.29 is 23.5 Å².